The number of aromatic nitrogens is 4. The second kappa shape index (κ2) is 21.1. The standard InChI is InChI=1S/C61H68N8O5S/c1-37-43(41-20-18-38(19-21-41)11-10-31-68-32-28-39(29-33-68)42-22-23-47-51(35-42)67(5)66-55(47)48-25-27-54(70)64-58(48)72)13-9-14-44(37)45-24-26-53(63-56(45)59(73)74-61(2,3)4)69-34-30-40-12-8-15-46(49(40)36-69)57(71)65-60-62-50-16-6-7-17-52(50)75-60/h6-9,12-17,22-24,26,35,38-39,41,48H,10-11,18-21,25,27-34,36H2,1-5H3,(H,62,65,71)(H,64,70,72). The number of ether oxygens (including phenoxy) is 1. The number of carbonyl (C=O) groups is 4. The minimum absolute atomic E-state index is 0.193. The van der Waals surface area contributed by atoms with Crippen LogP contribution in [-0.2, 0) is 34.3 Å². The van der Waals surface area contributed by atoms with E-state index in [-0.39, 0.29) is 17.7 Å². The van der Waals surface area contributed by atoms with Crippen molar-refractivity contribution in [2.75, 3.05) is 36.4 Å². The Bertz CT molecular complexity index is 3290. The predicted molar refractivity (Wildman–Crippen MR) is 297 cm³/mol. The highest BCUT2D eigenvalue weighted by Crippen LogP contribution is 2.42. The molecule has 1 atom stereocenters. The second-order valence-electron chi connectivity index (χ2n) is 22.4. The van der Waals surface area contributed by atoms with Crippen molar-refractivity contribution in [1.82, 2.24) is 30.0 Å². The summed E-state index contributed by atoms with van der Waals surface area (Å²) in [6.45, 7) is 12.4. The number of hydrogen-bond acceptors (Lipinski definition) is 11. The van der Waals surface area contributed by atoms with E-state index < -0.39 is 17.5 Å². The molecule has 3 aromatic heterocycles. The zero-order valence-corrected chi connectivity index (χ0v) is 44.7. The van der Waals surface area contributed by atoms with E-state index in [2.05, 4.69) is 74.8 Å². The number of imide groups is 1. The van der Waals surface area contributed by atoms with Crippen LogP contribution in [0.4, 0.5) is 10.9 Å². The molecule has 11 rings (SSSR count). The molecule has 0 radical (unpaired) electrons. The third-order valence-corrected chi connectivity index (χ3v) is 17.4. The number of pyridine rings is 1. The number of fused-ring (bicyclic) bond motifs is 3. The number of nitrogens with one attached hydrogen (secondary N) is 2. The van der Waals surface area contributed by atoms with E-state index in [9.17, 15) is 19.2 Å². The number of hydrogen-bond donors (Lipinski definition) is 2. The Morgan fingerprint density at radius 3 is 2.41 bits per heavy atom. The average molecular weight is 1030 g/mol. The largest absolute Gasteiger partial charge is 0.455 e. The van der Waals surface area contributed by atoms with Gasteiger partial charge in [0.2, 0.25) is 11.8 Å². The van der Waals surface area contributed by atoms with Crippen LogP contribution in [0, 0.1) is 12.8 Å². The van der Waals surface area contributed by atoms with Gasteiger partial charge in [-0.2, -0.15) is 5.10 Å². The first kappa shape index (κ1) is 50.4. The Kier molecular flexibility index (Phi) is 14.2. The van der Waals surface area contributed by atoms with Gasteiger partial charge >= 0.3 is 5.97 Å². The molecule has 2 N–H and O–H groups in total. The van der Waals surface area contributed by atoms with Crippen molar-refractivity contribution < 1.29 is 23.9 Å². The smallest absolute Gasteiger partial charge is 0.358 e. The first-order valence-corrected chi connectivity index (χ1v) is 27.9. The van der Waals surface area contributed by atoms with Crippen LogP contribution in [0.15, 0.2) is 91.0 Å². The van der Waals surface area contributed by atoms with Gasteiger partial charge in [-0.15, -0.1) is 0 Å². The number of nitrogens with zero attached hydrogens (tertiary/aromatic N) is 6. The summed E-state index contributed by atoms with van der Waals surface area (Å²) in [6, 6.07) is 31.0. The lowest BCUT2D eigenvalue weighted by molar-refractivity contribution is -0.134. The number of anilines is 2. The van der Waals surface area contributed by atoms with E-state index in [4.69, 9.17) is 14.8 Å². The number of piperidine rings is 2. The number of carbonyl (C=O) groups excluding carboxylic acids is 4. The second-order valence-corrected chi connectivity index (χ2v) is 23.4. The van der Waals surface area contributed by atoms with Crippen molar-refractivity contribution in [3.63, 3.8) is 0 Å². The number of thiazole rings is 1. The molecule has 388 valence electrons. The molecule has 1 unspecified atom stereocenters. The van der Waals surface area contributed by atoms with Crippen molar-refractivity contribution in [1.29, 1.82) is 0 Å². The molecule has 1 saturated carbocycles. The number of esters is 1. The van der Waals surface area contributed by atoms with Crippen molar-refractivity contribution in [2.24, 2.45) is 13.0 Å². The van der Waals surface area contributed by atoms with Gasteiger partial charge in [0.05, 0.1) is 27.3 Å². The molecule has 0 spiro atoms. The monoisotopic (exact) mass is 1020 g/mol. The van der Waals surface area contributed by atoms with Crippen LogP contribution in [0.3, 0.4) is 0 Å². The third kappa shape index (κ3) is 10.7. The molecule has 3 fully saturated rings. The highest BCUT2D eigenvalue weighted by Gasteiger charge is 2.33. The third-order valence-electron chi connectivity index (χ3n) is 16.4. The van der Waals surface area contributed by atoms with Gasteiger partial charge in [0, 0.05) is 43.1 Å². The Labute approximate surface area is 443 Å². The first-order valence-electron chi connectivity index (χ1n) is 27.1. The quantitative estimate of drug-likeness (QED) is 0.0894. The minimum atomic E-state index is -0.708. The number of benzene rings is 4. The van der Waals surface area contributed by atoms with Gasteiger partial charge in [-0.25, -0.2) is 14.8 Å². The lowest BCUT2D eigenvalue weighted by Crippen LogP contribution is -2.39. The van der Waals surface area contributed by atoms with Gasteiger partial charge in [-0.3, -0.25) is 29.7 Å². The Morgan fingerprint density at radius 1 is 0.827 bits per heavy atom. The topological polar surface area (TPSA) is 152 Å². The zero-order chi connectivity index (χ0) is 52.0. The van der Waals surface area contributed by atoms with Crippen molar-refractivity contribution in [2.45, 2.75) is 128 Å². The lowest BCUT2D eigenvalue weighted by atomic mass is 9.75. The van der Waals surface area contributed by atoms with Crippen LogP contribution in [0.1, 0.15) is 157 Å². The number of para-hydroxylation sites is 1. The normalized spacial score (nSPS) is 19.8. The highest BCUT2D eigenvalue weighted by atomic mass is 32.1. The van der Waals surface area contributed by atoms with E-state index in [1.54, 1.807) is 0 Å². The molecular formula is C61H68N8O5S. The fourth-order valence-electron chi connectivity index (χ4n) is 12.4. The fraction of sp³-hybridized carbons (Fsp3) is 0.426. The fourth-order valence-corrected chi connectivity index (χ4v) is 13.3. The van der Waals surface area contributed by atoms with E-state index in [1.807, 2.05) is 81.0 Å². The molecule has 1 aliphatic carbocycles. The molecule has 0 bridgehead atoms. The van der Waals surface area contributed by atoms with E-state index in [0.29, 0.717) is 60.0 Å². The van der Waals surface area contributed by atoms with Crippen LogP contribution < -0.4 is 15.5 Å². The highest BCUT2D eigenvalue weighted by molar-refractivity contribution is 7.22. The number of rotatable bonds is 12. The van der Waals surface area contributed by atoms with Gasteiger partial charge < -0.3 is 14.5 Å². The summed E-state index contributed by atoms with van der Waals surface area (Å²) in [5.74, 6) is 0.886. The molecule has 2 saturated heterocycles. The van der Waals surface area contributed by atoms with Gasteiger partial charge in [-0.05, 0) is 199 Å². The van der Waals surface area contributed by atoms with E-state index in [1.165, 1.54) is 53.7 Å². The molecule has 13 nitrogen and oxygen atoms in total. The van der Waals surface area contributed by atoms with Crippen LogP contribution in [0.25, 0.3) is 32.2 Å². The first-order chi connectivity index (χ1) is 36.2. The molecule has 3 amide bonds. The number of likely N-dealkylation sites (tertiary alicyclic amines) is 1. The molecule has 4 aliphatic rings. The summed E-state index contributed by atoms with van der Waals surface area (Å²) < 4.78 is 8.95. The molecule has 3 aliphatic heterocycles. The summed E-state index contributed by atoms with van der Waals surface area (Å²) in [5.41, 5.74) is 10.6. The summed E-state index contributed by atoms with van der Waals surface area (Å²) in [7, 11) is 1.95. The molecule has 14 heteroatoms. The Balaban J connectivity index is 0.710. The maximum Gasteiger partial charge on any atom is 0.358 e. The zero-order valence-electron chi connectivity index (χ0n) is 43.9. The summed E-state index contributed by atoms with van der Waals surface area (Å²) in [6.07, 6.45) is 11.1. The van der Waals surface area contributed by atoms with Crippen molar-refractivity contribution in [3.8, 4) is 11.1 Å². The Hall–Kier alpha value is -6.77. The molecule has 4 aromatic carbocycles. The average Bonchev–Trinajstić information content (AvgIpc) is 3.97. The van der Waals surface area contributed by atoms with Crippen LogP contribution in [0.2, 0.25) is 0 Å². The SMILES string of the molecule is Cc1c(-c2ccc(N3CCc4cccc(C(=O)Nc5nc6ccccc6s5)c4C3)nc2C(=O)OC(C)(C)C)cccc1C1CCC(CCCN2CCC(c3ccc4c(C5CCC(=O)NC5=O)nn(C)c4c3)CC2)CC1. The van der Waals surface area contributed by atoms with Crippen LogP contribution in [-0.4, -0.2) is 80.1 Å². The van der Waals surface area contributed by atoms with E-state index >= 15 is 0 Å². The van der Waals surface area contributed by atoms with Crippen LogP contribution >= 0.6 is 11.3 Å². The van der Waals surface area contributed by atoms with Crippen molar-refractivity contribution in [3.05, 3.63) is 136 Å². The summed E-state index contributed by atoms with van der Waals surface area (Å²) in [4.78, 5) is 67.0. The molecule has 7 aromatic rings. The lowest BCUT2D eigenvalue weighted by Gasteiger charge is -2.33. The minimum Gasteiger partial charge on any atom is -0.455 e. The van der Waals surface area contributed by atoms with Gasteiger partial charge in [0.1, 0.15) is 11.4 Å². The van der Waals surface area contributed by atoms with Crippen LogP contribution in [0.5, 0.6) is 0 Å². The van der Waals surface area contributed by atoms with Crippen molar-refractivity contribution >= 4 is 67.1 Å². The predicted octanol–water partition coefficient (Wildman–Crippen LogP) is 11.8. The van der Waals surface area contributed by atoms with E-state index in [0.717, 1.165) is 107 Å². The summed E-state index contributed by atoms with van der Waals surface area (Å²) >= 11 is 1.46. The van der Waals surface area contributed by atoms with Gasteiger partial charge in [0.25, 0.3) is 5.91 Å². The molecule has 6 heterocycles. The maximum absolute atomic E-state index is 14.2. The van der Waals surface area contributed by atoms with Gasteiger partial charge in [-0.1, -0.05) is 65.9 Å². The number of amides is 3. The Morgan fingerprint density at radius 2 is 1.63 bits per heavy atom. The van der Waals surface area contributed by atoms with Gasteiger partial charge in [0.15, 0.2) is 10.8 Å². The maximum atomic E-state index is 14.2. The number of aryl methyl sites for hydroxylation is 1. The molecular weight excluding hydrogens is 957 g/mol. The summed E-state index contributed by atoms with van der Waals surface area (Å²) in [5, 5.41) is 11.9. The molecule has 75 heavy (non-hydrogen) atoms.